The number of primary amides is 1. The standard InChI is InChI=1S/C29H39N5O7/c1-4-24(35)31-15-22(26(37)34-14-8-12-23(34)25(30)36)32-27(38)41-18-29(2,3)13-6-5-9-19-10-7-11-20-16-33(28(39)40)17-21(19)20/h4-5,7,9-11,22-23H,1,6,8,12-18H2,2-3H3,(H2,30,36)(H,31,35)(H,32,38)(H,39,40)/b9-5+/t22-,23?/m0/s1. The van der Waals surface area contributed by atoms with Crippen LogP contribution in [0, 0.1) is 5.41 Å². The zero-order valence-electron chi connectivity index (χ0n) is 23.6. The molecule has 1 aromatic rings. The van der Waals surface area contributed by atoms with Crippen LogP contribution in [-0.4, -0.2) is 76.6 Å². The van der Waals surface area contributed by atoms with E-state index in [1.165, 1.54) is 9.80 Å². The van der Waals surface area contributed by atoms with E-state index < -0.39 is 42.0 Å². The van der Waals surface area contributed by atoms with Gasteiger partial charge in [-0.1, -0.05) is 50.8 Å². The van der Waals surface area contributed by atoms with Crippen molar-refractivity contribution >= 4 is 36.0 Å². The molecule has 41 heavy (non-hydrogen) atoms. The number of ether oxygens (including phenoxy) is 1. The maximum absolute atomic E-state index is 13.1. The number of allylic oxidation sites excluding steroid dienone is 1. The number of amides is 5. The topological polar surface area (TPSA) is 171 Å². The smallest absolute Gasteiger partial charge is 0.407 e. The Morgan fingerprint density at radius 2 is 2.00 bits per heavy atom. The molecule has 0 aliphatic carbocycles. The summed E-state index contributed by atoms with van der Waals surface area (Å²) < 4.78 is 5.44. The highest BCUT2D eigenvalue weighted by Crippen LogP contribution is 2.28. The summed E-state index contributed by atoms with van der Waals surface area (Å²) in [5.74, 6) is -1.67. The Labute approximate surface area is 239 Å². The first kappa shape index (κ1) is 31.2. The van der Waals surface area contributed by atoms with Crippen LogP contribution in [0.5, 0.6) is 0 Å². The number of likely N-dealkylation sites (tertiary alicyclic amines) is 1. The van der Waals surface area contributed by atoms with Crippen molar-refractivity contribution in [2.75, 3.05) is 19.7 Å². The Kier molecular flexibility index (Phi) is 10.5. The lowest BCUT2D eigenvalue weighted by molar-refractivity contribution is -0.139. The second-order valence-electron chi connectivity index (χ2n) is 11.0. The quantitative estimate of drug-likeness (QED) is 0.280. The van der Waals surface area contributed by atoms with Gasteiger partial charge in [-0.2, -0.15) is 0 Å². The molecule has 5 amide bonds. The van der Waals surface area contributed by atoms with E-state index in [1.807, 2.05) is 44.2 Å². The predicted molar refractivity (Wildman–Crippen MR) is 151 cm³/mol. The Balaban J connectivity index is 1.52. The fraction of sp³-hybridized carbons (Fsp3) is 0.483. The molecular weight excluding hydrogens is 530 g/mol. The van der Waals surface area contributed by atoms with Crippen molar-refractivity contribution in [1.82, 2.24) is 20.4 Å². The first-order valence-electron chi connectivity index (χ1n) is 13.6. The van der Waals surface area contributed by atoms with Gasteiger partial charge in [0.05, 0.1) is 13.2 Å². The number of nitrogens with zero attached hydrogens (tertiary/aromatic N) is 2. The molecule has 5 N–H and O–H groups in total. The van der Waals surface area contributed by atoms with E-state index in [0.717, 1.165) is 22.8 Å². The number of benzene rings is 1. The van der Waals surface area contributed by atoms with Crippen LogP contribution < -0.4 is 16.4 Å². The molecule has 0 saturated carbocycles. The minimum Gasteiger partial charge on any atom is -0.465 e. The van der Waals surface area contributed by atoms with Crippen molar-refractivity contribution in [3.63, 3.8) is 0 Å². The van der Waals surface area contributed by atoms with Crippen LogP contribution in [0.4, 0.5) is 9.59 Å². The van der Waals surface area contributed by atoms with Crippen molar-refractivity contribution < 1.29 is 33.8 Å². The van der Waals surface area contributed by atoms with E-state index >= 15 is 0 Å². The first-order valence-corrected chi connectivity index (χ1v) is 13.6. The molecule has 1 aromatic carbocycles. The van der Waals surface area contributed by atoms with Gasteiger partial charge in [0.15, 0.2) is 0 Å². The van der Waals surface area contributed by atoms with Gasteiger partial charge in [0, 0.05) is 19.6 Å². The van der Waals surface area contributed by atoms with E-state index in [9.17, 15) is 29.1 Å². The third-order valence-corrected chi connectivity index (χ3v) is 7.29. The number of carboxylic acid groups (broad SMARTS) is 1. The van der Waals surface area contributed by atoms with Crippen molar-refractivity contribution in [3.05, 3.63) is 53.6 Å². The monoisotopic (exact) mass is 569 g/mol. The van der Waals surface area contributed by atoms with Gasteiger partial charge in [-0.05, 0) is 53.9 Å². The number of fused-ring (bicyclic) bond motifs is 1. The average Bonchev–Trinajstić information content (AvgIpc) is 3.60. The second kappa shape index (κ2) is 13.8. The fourth-order valence-corrected chi connectivity index (χ4v) is 4.94. The molecule has 1 unspecified atom stereocenters. The maximum atomic E-state index is 13.1. The normalized spacial score (nSPS) is 17.2. The number of alkyl carbamates (subject to hydrolysis) is 1. The molecule has 0 bridgehead atoms. The lowest BCUT2D eigenvalue weighted by Crippen LogP contribution is -2.56. The van der Waals surface area contributed by atoms with Crippen molar-refractivity contribution in [2.45, 2.75) is 64.7 Å². The highest BCUT2D eigenvalue weighted by atomic mass is 16.5. The number of nitrogens with one attached hydrogen (secondary N) is 2. The van der Waals surface area contributed by atoms with Gasteiger partial charge in [-0.15, -0.1) is 0 Å². The molecule has 12 heteroatoms. The molecule has 0 aromatic heterocycles. The third-order valence-electron chi connectivity index (χ3n) is 7.29. The van der Waals surface area contributed by atoms with Crippen LogP contribution in [0.15, 0.2) is 36.9 Å². The predicted octanol–water partition coefficient (Wildman–Crippen LogP) is 2.37. The minimum absolute atomic E-state index is 0.0779. The van der Waals surface area contributed by atoms with Gasteiger partial charge in [0.1, 0.15) is 12.1 Å². The fourth-order valence-electron chi connectivity index (χ4n) is 4.94. The molecule has 222 valence electrons. The first-order chi connectivity index (χ1) is 19.4. The zero-order valence-corrected chi connectivity index (χ0v) is 23.6. The highest BCUT2D eigenvalue weighted by Gasteiger charge is 2.37. The number of carbonyl (C=O) groups is 5. The van der Waals surface area contributed by atoms with E-state index in [2.05, 4.69) is 17.2 Å². The zero-order chi connectivity index (χ0) is 30.2. The van der Waals surface area contributed by atoms with Crippen molar-refractivity contribution in [3.8, 4) is 0 Å². The van der Waals surface area contributed by atoms with Crippen LogP contribution in [0.2, 0.25) is 0 Å². The molecule has 12 nitrogen and oxygen atoms in total. The Hall–Kier alpha value is -4.35. The highest BCUT2D eigenvalue weighted by molar-refractivity contribution is 5.92. The Morgan fingerprint density at radius 3 is 2.68 bits per heavy atom. The molecular formula is C29H39N5O7. The van der Waals surface area contributed by atoms with E-state index in [0.29, 0.717) is 45.3 Å². The summed E-state index contributed by atoms with van der Waals surface area (Å²) in [6.07, 6.45) is 5.72. The summed E-state index contributed by atoms with van der Waals surface area (Å²) in [7, 11) is 0. The average molecular weight is 570 g/mol. The Morgan fingerprint density at radius 1 is 1.24 bits per heavy atom. The third kappa shape index (κ3) is 8.57. The van der Waals surface area contributed by atoms with Crippen molar-refractivity contribution in [1.29, 1.82) is 0 Å². The van der Waals surface area contributed by atoms with Crippen LogP contribution in [0.3, 0.4) is 0 Å². The van der Waals surface area contributed by atoms with E-state index in [4.69, 9.17) is 10.5 Å². The van der Waals surface area contributed by atoms with Crippen LogP contribution >= 0.6 is 0 Å². The summed E-state index contributed by atoms with van der Waals surface area (Å²) >= 11 is 0. The van der Waals surface area contributed by atoms with Gasteiger partial charge >= 0.3 is 12.2 Å². The summed E-state index contributed by atoms with van der Waals surface area (Å²) in [4.78, 5) is 63.3. The molecule has 0 radical (unpaired) electrons. The Bertz CT molecular complexity index is 1210. The number of rotatable bonds is 12. The minimum atomic E-state index is -1.15. The van der Waals surface area contributed by atoms with Crippen LogP contribution in [0.1, 0.15) is 56.2 Å². The van der Waals surface area contributed by atoms with E-state index in [1.54, 1.807) is 0 Å². The molecule has 1 saturated heterocycles. The van der Waals surface area contributed by atoms with E-state index in [-0.39, 0.29) is 18.6 Å². The molecule has 2 aliphatic rings. The number of nitrogens with two attached hydrogens (primary N) is 1. The lowest BCUT2D eigenvalue weighted by atomic mass is 9.88. The summed E-state index contributed by atoms with van der Waals surface area (Å²) in [6.45, 7) is 8.22. The van der Waals surface area contributed by atoms with Crippen LogP contribution in [0.25, 0.3) is 6.08 Å². The van der Waals surface area contributed by atoms with Gasteiger partial charge in [0.2, 0.25) is 17.7 Å². The van der Waals surface area contributed by atoms with Crippen molar-refractivity contribution in [2.24, 2.45) is 11.1 Å². The largest absolute Gasteiger partial charge is 0.465 e. The molecule has 0 spiro atoms. The molecule has 3 rings (SSSR count). The van der Waals surface area contributed by atoms with Gasteiger partial charge < -0.3 is 31.1 Å². The second-order valence-corrected chi connectivity index (χ2v) is 11.0. The van der Waals surface area contributed by atoms with Crippen LogP contribution in [-0.2, 0) is 32.2 Å². The molecule has 2 heterocycles. The van der Waals surface area contributed by atoms with Gasteiger partial charge in [0.25, 0.3) is 0 Å². The summed E-state index contributed by atoms with van der Waals surface area (Å²) in [5, 5.41) is 14.3. The maximum Gasteiger partial charge on any atom is 0.407 e. The molecule has 1 fully saturated rings. The summed E-state index contributed by atoms with van der Waals surface area (Å²) in [6, 6.07) is 3.90. The summed E-state index contributed by atoms with van der Waals surface area (Å²) in [5.41, 5.74) is 8.04. The number of hydrogen-bond acceptors (Lipinski definition) is 6. The molecule has 2 aliphatic heterocycles. The SMILES string of the molecule is C=CC(=O)NC[C@H](NC(=O)OCC(C)(C)CC/C=C/c1cccc2c1CN(C(=O)O)C2)C(=O)N1CCCC1C(N)=O. The van der Waals surface area contributed by atoms with Gasteiger partial charge in [-0.3, -0.25) is 19.3 Å². The van der Waals surface area contributed by atoms with Gasteiger partial charge in [-0.25, -0.2) is 9.59 Å². The molecule has 2 atom stereocenters. The lowest BCUT2D eigenvalue weighted by Gasteiger charge is -2.28. The number of carbonyl (C=O) groups excluding carboxylic acids is 4. The number of hydrogen-bond donors (Lipinski definition) is 4.